The molecule has 0 heterocycles. The summed E-state index contributed by atoms with van der Waals surface area (Å²) in [6.07, 6.45) is 7.67. The molecule has 0 saturated heterocycles. The first-order chi connectivity index (χ1) is 10.7. The van der Waals surface area contributed by atoms with Crippen molar-refractivity contribution in [1.29, 1.82) is 0 Å². The summed E-state index contributed by atoms with van der Waals surface area (Å²) in [4.78, 5) is 12.1. The Bertz CT molecular complexity index is 559. The highest BCUT2D eigenvalue weighted by Crippen LogP contribution is 2.47. The maximum absolute atomic E-state index is 12.1. The summed E-state index contributed by atoms with van der Waals surface area (Å²) in [7, 11) is 0. The van der Waals surface area contributed by atoms with Gasteiger partial charge in [-0.15, -0.1) is 0 Å². The zero-order valence-electron chi connectivity index (χ0n) is 16.0. The highest BCUT2D eigenvalue weighted by molar-refractivity contribution is 5.69. The summed E-state index contributed by atoms with van der Waals surface area (Å²) < 4.78 is 0. The minimum Gasteiger partial charge on any atom is -0.302 e. The fourth-order valence-electron chi connectivity index (χ4n) is 4.39. The van der Waals surface area contributed by atoms with Crippen molar-refractivity contribution in [2.75, 3.05) is 0 Å². The Morgan fingerprint density at radius 1 is 0.957 bits per heavy atom. The molecular formula is C22H34O. The van der Waals surface area contributed by atoms with Crippen molar-refractivity contribution in [2.45, 2.75) is 96.3 Å². The number of fused-ring (bicyclic) bond motifs is 1. The van der Waals surface area contributed by atoms with Gasteiger partial charge in [0.25, 0.3) is 0 Å². The SMILES string of the molecule is CCCC(C=O)(CCC)c1ccc2c(c1)C(C)(C)CCC2(C)C. The maximum Gasteiger partial charge on any atom is 0.130 e. The molecule has 0 fully saturated rings. The Morgan fingerprint density at radius 2 is 1.48 bits per heavy atom. The maximum atomic E-state index is 12.1. The van der Waals surface area contributed by atoms with Crippen LogP contribution in [0, 0.1) is 0 Å². The predicted octanol–water partition coefficient (Wildman–Crippen LogP) is 6.07. The largest absolute Gasteiger partial charge is 0.302 e. The Hall–Kier alpha value is -1.11. The van der Waals surface area contributed by atoms with Gasteiger partial charge in [-0.05, 0) is 53.2 Å². The first kappa shape index (κ1) is 18.2. The van der Waals surface area contributed by atoms with Crippen LogP contribution < -0.4 is 0 Å². The Balaban J connectivity index is 2.60. The van der Waals surface area contributed by atoms with E-state index >= 15 is 0 Å². The van der Waals surface area contributed by atoms with Gasteiger partial charge in [0.1, 0.15) is 6.29 Å². The molecule has 1 aliphatic carbocycles. The van der Waals surface area contributed by atoms with E-state index in [0.29, 0.717) is 0 Å². The van der Waals surface area contributed by atoms with E-state index in [1.807, 2.05) is 0 Å². The molecule has 128 valence electrons. The average Bonchev–Trinajstić information content (AvgIpc) is 2.51. The standard InChI is InChI=1S/C22H34O/c1-7-11-22(16-23,12-8-2)17-9-10-18-19(15-17)21(5,6)14-13-20(18,3)4/h9-10,15-16H,7-8,11-14H2,1-6H3. The van der Waals surface area contributed by atoms with Crippen LogP contribution in [0.25, 0.3) is 0 Å². The lowest BCUT2D eigenvalue weighted by Crippen LogP contribution is -2.35. The van der Waals surface area contributed by atoms with Crippen LogP contribution in [0.15, 0.2) is 18.2 Å². The van der Waals surface area contributed by atoms with Crippen molar-refractivity contribution in [3.63, 3.8) is 0 Å². The molecule has 0 atom stereocenters. The summed E-state index contributed by atoms with van der Waals surface area (Å²) in [5, 5.41) is 0. The Kier molecular flexibility index (Phi) is 5.09. The monoisotopic (exact) mass is 314 g/mol. The van der Waals surface area contributed by atoms with E-state index in [-0.39, 0.29) is 16.2 Å². The van der Waals surface area contributed by atoms with Crippen molar-refractivity contribution < 1.29 is 4.79 Å². The van der Waals surface area contributed by atoms with Crippen LogP contribution in [0.5, 0.6) is 0 Å². The Morgan fingerprint density at radius 3 is 1.96 bits per heavy atom. The first-order valence-corrected chi connectivity index (χ1v) is 9.34. The quantitative estimate of drug-likeness (QED) is 0.582. The molecule has 0 N–H and O–H groups in total. The van der Waals surface area contributed by atoms with Gasteiger partial charge in [0.2, 0.25) is 0 Å². The molecule has 23 heavy (non-hydrogen) atoms. The molecule has 1 aromatic rings. The molecule has 1 heteroatoms. The number of carbonyl (C=O) groups is 1. The van der Waals surface area contributed by atoms with E-state index in [1.165, 1.54) is 35.8 Å². The lowest BCUT2D eigenvalue weighted by atomic mass is 9.61. The van der Waals surface area contributed by atoms with Gasteiger partial charge < -0.3 is 4.79 Å². The zero-order chi connectivity index (χ0) is 17.3. The van der Waals surface area contributed by atoms with Gasteiger partial charge in [-0.1, -0.05) is 72.6 Å². The van der Waals surface area contributed by atoms with Gasteiger partial charge in [-0.2, -0.15) is 0 Å². The molecule has 0 spiro atoms. The van der Waals surface area contributed by atoms with Crippen LogP contribution >= 0.6 is 0 Å². The second-order valence-corrected chi connectivity index (χ2v) is 8.80. The van der Waals surface area contributed by atoms with E-state index in [0.717, 1.165) is 25.7 Å². The number of carbonyl (C=O) groups excluding carboxylic acids is 1. The second kappa shape index (κ2) is 6.42. The molecule has 1 aliphatic rings. The smallest absolute Gasteiger partial charge is 0.130 e. The highest BCUT2D eigenvalue weighted by Gasteiger charge is 2.39. The van der Waals surface area contributed by atoms with Crippen molar-refractivity contribution >= 4 is 6.29 Å². The number of benzene rings is 1. The highest BCUT2D eigenvalue weighted by atomic mass is 16.1. The van der Waals surface area contributed by atoms with Crippen molar-refractivity contribution in [1.82, 2.24) is 0 Å². The number of aldehydes is 1. The van der Waals surface area contributed by atoms with Gasteiger partial charge >= 0.3 is 0 Å². The topological polar surface area (TPSA) is 17.1 Å². The molecular weight excluding hydrogens is 280 g/mol. The molecule has 2 rings (SSSR count). The normalized spacial score (nSPS) is 19.2. The van der Waals surface area contributed by atoms with Gasteiger partial charge in [-0.25, -0.2) is 0 Å². The lowest BCUT2D eigenvalue weighted by Gasteiger charge is -2.43. The lowest BCUT2D eigenvalue weighted by molar-refractivity contribution is -0.113. The summed E-state index contributed by atoms with van der Waals surface area (Å²) >= 11 is 0. The second-order valence-electron chi connectivity index (χ2n) is 8.80. The van der Waals surface area contributed by atoms with E-state index in [4.69, 9.17) is 0 Å². The van der Waals surface area contributed by atoms with Crippen LogP contribution in [0.1, 0.15) is 96.8 Å². The number of hydrogen-bond acceptors (Lipinski definition) is 1. The molecule has 0 saturated carbocycles. The number of rotatable bonds is 6. The molecule has 1 nitrogen and oxygen atoms in total. The third-order valence-corrected chi connectivity index (χ3v) is 6.05. The summed E-state index contributed by atoms with van der Waals surface area (Å²) in [5.41, 5.74) is 4.32. The third kappa shape index (κ3) is 3.25. The van der Waals surface area contributed by atoms with E-state index in [9.17, 15) is 4.79 Å². The Labute approximate surface area is 142 Å². The third-order valence-electron chi connectivity index (χ3n) is 6.05. The summed E-state index contributed by atoms with van der Waals surface area (Å²) in [6, 6.07) is 6.92. The predicted molar refractivity (Wildman–Crippen MR) is 99.3 cm³/mol. The minimum atomic E-state index is -0.295. The van der Waals surface area contributed by atoms with Crippen molar-refractivity contribution in [2.24, 2.45) is 0 Å². The van der Waals surface area contributed by atoms with Crippen LogP contribution in [-0.4, -0.2) is 6.29 Å². The fraction of sp³-hybridized carbons (Fsp3) is 0.682. The molecule has 0 radical (unpaired) electrons. The molecule has 0 aromatic heterocycles. The molecule has 1 aromatic carbocycles. The van der Waals surface area contributed by atoms with Crippen LogP contribution in [-0.2, 0) is 21.0 Å². The van der Waals surface area contributed by atoms with E-state index < -0.39 is 0 Å². The minimum absolute atomic E-state index is 0.202. The summed E-state index contributed by atoms with van der Waals surface area (Å²) in [5.74, 6) is 0. The van der Waals surface area contributed by atoms with Gasteiger partial charge in [0.05, 0.1) is 5.41 Å². The fourth-order valence-corrected chi connectivity index (χ4v) is 4.39. The average molecular weight is 315 g/mol. The van der Waals surface area contributed by atoms with Gasteiger partial charge in [0, 0.05) is 0 Å². The van der Waals surface area contributed by atoms with Crippen molar-refractivity contribution in [3.8, 4) is 0 Å². The summed E-state index contributed by atoms with van der Waals surface area (Å²) in [6.45, 7) is 13.8. The van der Waals surface area contributed by atoms with E-state index in [1.54, 1.807) is 0 Å². The first-order valence-electron chi connectivity index (χ1n) is 9.34. The van der Waals surface area contributed by atoms with Gasteiger partial charge in [0.15, 0.2) is 0 Å². The molecule has 0 bridgehead atoms. The van der Waals surface area contributed by atoms with Gasteiger partial charge in [-0.3, -0.25) is 0 Å². The van der Waals surface area contributed by atoms with Crippen LogP contribution in [0.2, 0.25) is 0 Å². The molecule has 0 aliphatic heterocycles. The van der Waals surface area contributed by atoms with Crippen LogP contribution in [0.4, 0.5) is 0 Å². The van der Waals surface area contributed by atoms with Crippen LogP contribution in [0.3, 0.4) is 0 Å². The van der Waals surface area contributed by atoms with Crippen molar-refractivity contribution in [3.05, 3.63) is 34.9 Å². The molecule has 0 amide bonds. The number of hydrogen-bond donors (Lipinski definition) is 0. The zero-order valence-corrected chi connectivity index (χ0v) is 16.0. The van der Waals surface area contributed by atoms with E-state index in [2.05, 4.69) is 59.7 Å². The molecule has 0 unspecified atom stereocenters.